The third-order valence-electron chi connectivity index (χ3n) is 2.30. The van der Waals surface area contributed by atoms with E-state index < -0.39 is 12.1 Å². The zero-order valence-corrected chi connectivity index (χ0v) is 7.53. The van der Waals surface area contributed by atoms with Crippen LogP contribution in [-0.4, -0.2) is 37.0 Å². The van der Waals surface area contributed by atoms with Crippen molar-refractivity contribution in [3.63, 3.8) is 0 Å². The van der Waals surface area contributed by atoms with Crippen molar-refractivity contribution in [1.29, 1.82) is 0 Å². The van der Waals surface area contributed by atoms with Gasteiger partial charge in [-0.15, -0.1) is 0 Å². The number of aliphatic hydroxyl groups excluding tert-OH is 1. The van der Waals surface area contributed by atoms with Gasteiger partial charge in [-0.2, -0.15) is 0 Å². The van der Waals surface area contributed by atoms with Crippen molar-refractivity contribution in [2.24, 2.45) is 11.7 Å². The molecule has 2 amide bonds. The van der Waals surface area contributed by atoms with Gasteiger partial charge in [0.15, 0.2) is 0 Å². The molecular formula is C8H16N2O3. The highest BCUT2D eigenvalue weighted by atomic mass is 16.5. The normalized spacial score (nSPS) is 21.0. The maximum absolute atomic E-state index is 10.4. The summed E-state index contributed by atoms with van der Waals surface area (Å²) in [4.78, 5) is 10.4. The van der Waals surface area contributed by atoms with Gasteiger partial charge in [-0.1, -0.05) is 0 Å². The predicted octanol–water partition coefficient (Wildman–Crippen LogP) is -0.558. The number of hydrogen-bond acceptors (Lipinski definition) is 3. The molecule has 0 saturated carbocycles. The third kappa shape index (κ3) is 3.61. The number of rotatable bonds is 3. The Labute approximate surface area is 77.2 Å². The number of aliphatic hydroxyl groups is 1. The van der Waals surface area contributed by atoms with Gasteiger partial charge in [0, 0.05) is 19.8 Å². The Bertz CT molecular complexity index is 169. The topological polar surface area (TPSA) is 84.6 Å². The van der Waals surface area contributed by atoms with Crippen molar-refractivity contribution in [1.82, 2.24) is 5.32 Å². The van der Waals surface area contributed by atoms with E-state index in [-0.39, 0.29) is 12.5 Å². The standard InChI is InChI=1S/C8H16N2O3/c9-8(12)10-5-7(11)6-1-3-13-4-2-6/h6-7,11H,1-5H2,(H3,9,10,12). The number of hydrogen-bond donors (Lipinski definition) is 3. The van der Waals surface area contributed by atoms with Crippen LogP contribution in [0, 0.1) is 5.92 Å². The fourth-order valence-corrected chi connectivity index (χ4v) is 1.47. The lowest BCUT2D eigenvalue weighted by atomic mass is 9.94. The Balaban J connectivity index is 2.20. The van der Waals surface area contributed by atoms with Crippen LogP contribution in [0.15, 0.2) is 0 Å². The smallest absolute Gasteiger partial charge is 0.312 e. The molecule has 76 valence electrons. The fourth-order valence-electron chi connectivity index (χ4n) is 1.47. The van der Waals surface area contributed by atoms with Gasteiger partial charge in [0.2, 0.25) is 0 Å². The molecule has 1 aliphatic heterocycles. The monoisotopic (exact) mass is 188 g/mol. The van der Waals surface area contributed by atoms with Crippen molar-refractivity contribution in [3.05, 3.63) is 0 Å². The van der Waals surface area contributed by atoms with Gasteiger partial charge < -0.3 is 20.9 Å². The molecule has 4 N–H and O–H groups in total. The van der Waals surface area contributed by atoms with Gasteiger partial charge >= 0.3 is 6.03 Å². The molecule has 1 heterocycles. The van der Waals surface area contributed by atoms with E-state index in [0.29, 0.717) is 13.2 Å². The lowest BCUT2D eigenvalue weighted by Crippen LogP contribution is -2.40. The second-order valence-electron chi connectivity index (χ2n) is 3.26. The van der Waals surface area contributed by atoms with E-state index in [9.17, 15) is 9.90 Å². The maximum Gasteiger partial charge on any atom is 0.312 e. The quantitative estimate of drug-likeness (QED) is 0.555. The lowest BCUT2D eigenvalue weighted by molar-refractivity contribution is 0.00960. The Kier molecular flexibility index (Phi) is 3.98. The number of ether oxygens (including phenoxy) is 1. The molecule has 13 heavy (non-hydrogen) atoms. The molecule has 5 heteroatoms. The number of carbonyl (C=O) groups is 1. The molecule has 0 aromatic carbocycles. The van der Waals surface area contributed by atoms with Crippen molar-refractivity contribution >= 4 is 6.03 Å². The molecular weight excluding hydrogens is 172 g/mol. The summed E-state index contributed by atoms with van der Waals surface area (Å²) in [7, 11) is 0. The molecule has 0 aromatic rings. The molecule has 0 radical (unpaired) electrons. The first-order valence-electron chi connectivity index (χ1n) is 4.49. The summed E-state index contributed by atoms with van der Waals surface area (Å²) < 4.78 is 5.15. The Morgan fingerprint density at radius 1 is 1.62 bits per heavy atom. The number of carbonyl (C=O) groups excluding carboxylic acids is 1. The van der Waals surface area contributed by atoms with Crippen LogP contribution in [0.2, 0.25) is 0 Å². The van der Waals surface area contributed by atoms with Crippen LogP contribution in [0.3, 0.4) is 0 Å². The summed E-state index contributed by atoms with van der Waals surface area (Å²) in [6.07, 6.45) is 1.19. The highest BCUT2D eigenvalue weighted by molar-refractivity contribution is 5.71. The largest absolute Gasteiger partial charge is 0.391 e. The van der Waals surface area contributed by atoms with Gasteiger partial charge in [0.25, 0.3) is 0 Å². The predicted molar refractivity (Wildman–Crippen MR) is 47.1 cm³/mol. The molecule has 1 rings (SSSR count). The molecule has 1 fully saturated rings. The molecule has 1 atom stereocenters. The van der Waals surface area contributed by atoms with Gasteiger partial charge in [0.1, 0.15) is 0 Å². The van der Waals surface area contributed by atoms with Crippen LogP contribution < -0.4 is 11.1 Å². The number of urea groups is 1. The summed E-state index contributed by atoms with van der Waals surface area (Å²) in [5.74, 6) is 0.223. The van der Waals surface area contributed by atoms with E-state index in [1.54, 1.807) is 0 Å². The first-order valence-corrected chi connectivity index (χ1v) is 4.49. The first kappa shape index (κ1) is 10.3. The van der Waals surface area contributed by atoms with Crippen LogP contribution >= 0.6 is 0 Å². The lowest BCUT2D eigenvalue weighted by Gasteiger charge is -2.26. The van der Waals surface area contributed by atoms with Crippen LogP contribution in [-0.2, 0) is 4.74 Å². The number of amides is 2. The van der Waals surface area contributed by atoms with Crippen LogP contribution in [0.5, 0.6) is 0 Å². The molecule has 0 aliphatic carbocycles. The minimum Gasteiger partial charge on any atom is -0.391 e. The van der Waals surface area contributed by atoms with Crippen molar-refractivity contribution in [2.45, 2.75) is 18.9 Å². The van der Waals surface area contributed by atoms with E-state index in [1.165, 1.54) is 0 Å². The van der Waals surface area contributed by atoms with Gasteiger partial charge in [0.05, 0.1) is 6.10 Å². The summed E-state index contributed by atoms with van der Waals surface area (Å²) >= 11 is 0. The van der Waals surface area contributed by atoms with Crippen LogP contribution in [0.25, 0.3) is 0 Å². The van der Waals surface area contributed by atoms with E-state index >= 15 is 0 Å². The van der Waals surface area contributed by atoms with E-state index in [2.05, 4.69) is 5.32 Å². The summed E-state index contributed by atoms with van der Waals surface area (Å²) in [6.45, 7) is 1.62. The first-order chi connectivity index (χ1) is 6.20. The molecule has 0 bridgehead atoms. The highest BCUT2D eigenvalue weighted by Gasteiger charge is 2.21. The molecule has 0 spiro atoms. The molecule has 5 nitrogen and oxygen atoms in total. The Morgan fingerprint density at radius 2 is 2.23 bits per heavy atom. The molecule has 0 aromatic heterocycles. The average Bonchev–Trinajstić information content (AvgIpc) is 2.15. The van der Waals surface area contributed by atoms with E-state index in [0.717, 1.165) is 12.8 Å². The van der Waals surface area contributed by atoms with Crippen LogP contribution in [0.1, 0.15) is 12.8 Å². The van der Waals surface area contributed by atoms with Gasteiger partial charge in [-0.05, 0) is 18.8 Å². The molecule has 1 unspecified atom stereocenters. The Morgan fingerprint density at radius 3 is 2.77 bits per heavy atom. The molecule has 1 aliphatic rings. The average molecular weight is 188 g/mol. The summed E-state index contributed by atoms with van der Waals surface area (Å²) in [6, 6.07) is -0.592. The van der Waals surface area contributed by atoms with E-state index in [4.69, 9.17) is 10.5 Å². The fraction of sp³-hybridized carbons (Fsp3) is 0.875. The SMILES string of the molecule is NC(=O)NCC(O)C1CCOCC1. The zero-order chi connectivity index (χ0) is 9.68. The summed E-state index contributed by atoms with van der Waals surface area (Å²) in [5, 5.41) is 12.0. The minimum absolute atomic E-state index is 0.223. The second kappa shape index (κ2) is 5.04. The van der Waals surface area contributed by atoms with Crippen molar-refractivity contribution in [3.8, 4) is 0 Å². The van der Waals surface area contributed by atoms with Crippen LogP contribution in [0.4, 0.5) is 4.79 Å². The van der Waals surface area contributed by atoms with Crippen molar-refractivity contribution in [2.75, 3.05) is 19.8 Å². The summed E-state index contributed by atoms with van der Waals surface area (Å²) in [5.41, 5.74) is 4.88. The minimum atomic E-state index is -0.592. The Hall–Kier alpha value is -0.810. The van der Waals surface area contributed by atoms with Crippen molar-refractivity contribution < 1.29 is 14.6 Å². The zero-order valence-electron chi connectivity index (χ0n) is 7.53. The van der Waals surface area contributed by atoms with Gasteiger partial charge in [-0.3, -0.25) is 0 Å². The van der Waals surface area contributed by atoms with E-state index in [1.807, 2.05) is 0 Å². The molecule has 1 saturated heterocycles. The maximum atomic E-state index is 10.4. The number of nitrogens with one attached hydrogen (secondary N) is 1. The third-order valence-corrected chi connectivity index (χ3v) is 2.30. The van der Waals surface area contributed by atoms with Gasteiger partial charge in [-0.25, -0.2) is 4.79 Å². The second-order valence-corrected chi connectivity index (χ2v) is 3.26. The number of primary amides is 1. The number of nitrogens with two attached hydrogens (primary N) is 1. The highest BCUT2D eigenvalue weighted by Crippen LogP contribution is 2.18.